The fourth-order valence-electron chi connectivity index (χ4n) is 2.47. The second kappa shape index (κ2) is 5.98. The van der Waals surface area contributed by atoms with Crippen molar-refractivity contribution in [1.29, 1.82) is 0 Å². The van der Waals surface area contributed by atoms with Gasteiger partial charge in [-0.05, 0) is 25.1 Å². The van der Waals surface area contributed by atoms with Gasteiger partial charge < -0.3 is 10.1 Å². The maximum atomic E-state index is 12.5. The van der Waals surface area contributed by atoms with E-state index in [9.17, 15) is 4.79 Å². The van der Waals surface area contributed by atoms with Gasteiger partial charge in [0, 0.05) is 11.6 Å². The van der Waals surface area contributed by atoms with Gasteiger partial charge >= 0.3 is 0 Å². The summed E-state index contributed by atoms with van der Waals surface area (Å²) in [5.41, 5.74) is 1.43. The first-order valence-corrected chi connectivity index (χ1v) is 8.51. The quantitative estimate of drug-likeness (QED) is 0.555. The smallest absolute Gasteiger partial charge is 0.267 e. The highest BCUT2D eigenvalue weighted by Crippen LogP contribution is 2.26. The number of aromatic nitrogens is 4. The van der Waals surface area contributed by atoms with Crippen LogP contribution in [0.2, 0.25) is 5.15 Å². The summed E-state index contributed by atoms with van der Waals surface area (Å²) in [6.07, 6.45) is 3.53. The van der Waals surface area contributed by atoms with Crippen LogP contribution in [0, 0.1) is 6.92 Å². The highest BCUT2D eigenvalue weighted by molar-refractivity contribution is 7.20. The summed E-state index contributed by atoms with van der Waals surface area (Å²) in [5.74, 6) is 0.441. The second-order valence-electron chi connectivity index (χ2n) is 5.34. The number of methoxy groups -OCH3 is 1. The van der Waals surface area contributed by atoms with Gasteiger partial charge in [0.15, 0.2) is 5.82 Å². The minimum atomic E-state index is -0.273. The number of imidazole rings is 1. The van der Waals surface area contributed by atoms with Crippen LogP contribution in [-0.2, 0) is 0 Å². The molecular weight excluding hydrogens is 362 g/mol. The molecular formula is C16H12ClN5O2S. The summed E-state index contributed by atoms with van der Waals surface area (Å²) in [7, 11) is 1.51. The van der Waals surface area contributed by atoms with Crippen LogP contribution in [0.1, 0.15) is 15.4 Å². The van der Waals surface area contributed by atoms with Gasteiger partial charge in [-0.3, -0.25) is 9.20 Å². The molecule has 4 aromatic heterocycles. The molecule has 0 fully saturated rings. The summed E-state index contributed by atoms with van der Waals surface area (Å²) in [6.45, 7) is 1.88. The Morgan fingerprint density at radius 1 is 1.28 bits per heavy atom. The zero-order chi connectivity index (χ0) is 17.6. The zero-order valence-corrected chi connectivity index (χ0v) is 14.9. The molecule has 0 atom stereocenters. The minimum Gasteiger partial charge on any atom is -0.478 e. The number of aryl methyl sites for hydroxylation is 1. The first-order chi connectivity index (χ1) is 12.0. The fraction of sp³-hybridized carbons (Fsp3) is 0.125. The third-order valence-corrected chi connectivity index (χ3v) is 4.79. The number of ether oxygens (including phenoxy) is 1. The number of nitrogens with one attached hydrogen (secondary N) is 1. The largest absolute Gasteiger partial charge is 0.478 e. The topological polar surface area (TPSA) is 81.4 Å². The standard InChI is InChI=1S/C16H12ClN5O2S/c1-8-6-22-7-12(21-15(24-2)13(22)18-8)20-14(23)10-5-9-3-4-11(17)19-16(9)25-10/h3-7H,1-2H3,(H,20,23). The Bertz CT molecular complexity index is 1120. The molecule has 9 heteroatoms. The van der Waals surface area contributed by atoms with Gasteiger partial charge in [0.25, 0.3) is 11.8 Å². The Labute approximate surface area is 151 Å². The average Bonchev–Trinajstić information content (AvgIpc) is 3.16. The van der Waals surface area contributed by atoms with Gasteiger partial charge in [0.1, 0.15) is 9.98 Å². The second-order valence-corrected chi connectivity index (χ2v) is 6.76. The number of hydrogen-bond donors (Lipinski definition) is 1. The third-order valence-electron chi connectivity index (χ3n) is 3.54. The van der Waals surface area contributed by atoms with Crippen molar-refractivity contribution in [2.24, 2.45) is 0 Å². The molecule has 0 aliphatic rings. The molecule has 0 spiro atoms. The number of amides is 1. The minimum absolute atomic E-state index is 0.273. The number of nitrogens with zero attached hydrogens (tertiary/aromatic N) is 4. The Balaban J connectivity index is 1.68. The molecule has 1 amide bonds. The molecule has 4 heterocycles. The van der Waals surface area contributed by atoms with Crippen LogP contribution in [0.15, 0.2) is 30.6 Å². The van der Waals surface area contributed by atoms with E-state index in [1.165, 1.54) is 18.4 Å². The monoisotopic (exact) mass is 373 g/mol. The predicted molar refractivity (Wildman–Crippen MR) is 96.9 cm³/mol. The predicted octanol–water partition coefficient (Wildman–Crippen LogP) is 3.56. The molecule has 0 aliphatic heterocycles. The Morgan fingerprint density at radius 3 is 2.92 bits per heavy atom. The molecule has 0 radical (unpaired) electrons. The molecule has 0 saturated carbocycles. The lowest BCUT2D eigenvalue weighted by atomic mass is 10.3. The zero-order valence-electron chi connectivity index (χ0n) is 13.3. The number of pyridine rings is 1. The summed E-state index contributed by atoms with van der Waals surface area (Å²) in [4.78, 5) is 26.6. The van der Waals surface area contributed by atoms with E-state index in [0.717, 1.165) is 11.1 Å². The van der Waals surface area contributed by atoms with Crippen molar-refractivity contribution in [3.63, 3.8) is 0 Å². The number of hydrogen-bond acceptors (Lipinski definition) is 6. The summed E-state index contributed by atoms with van der Waals surface area (Å²) >= 11 is 7.16. The molecule has 0 saturated heterocycles. The molecule has 0 aromatic carbocycles. The van der Waals surface area contributed by atoms with Crippen molar-refractivity contribution in [3.05, 3.63) is 46.3 Å². The first kappa shape index (κ1) is 15.8. The number of thiophene rings is 1. The van der Waals surface area contributed by atoms with Gasteiger partial charge in [-0.1, -0.05) is 11.6 Å². The summed E-state index contributed by atoms with van der Waals surface area (Å²) in [6, 6.07) is 5.30. The number of fused-ring (bicyclic) bond motifs is 2. The first-order valence-electron chi connectivity index (χ1n) is 7.31. The average molecular weight is 374 g/mol. The van der Waals surface area contributed by atoms with Crippen LogP contribution >= 0.6 is 22.9 Å². The van der Waals surface area contributed by atoms with Crippen LogP contribution in [-0.4, -0.2) is 32.4 Å². The van der Waals surface area contributed by atoms with Crippen molar-refractivity contribution >= 4 is 50.5 Å². The molecule has 7 nitrogen and oxygen atoms in total. The molecule has 0 aliphatic carbocycles. The SMILES string of the molecule is COc1nc(NC(=O)c2cc3ccc(Cl)nc3s2)cn2cc(C)nc12. The molecule has 0 bridgehead atoms. The van der Waals surface area contributed by atoms with Crippen molar-refractivity contribution in [3.8, 4) is 5.88 Å². The van der Waals surface area contributed by atoms with Crippen LogP contribution in [0.25, 0.3) is 15.9 Å². The fourth-order valence-corrected chi connectivity index (χ4v) is 3.60. The Morgan fingerprint density at radius 2 is 2.12 bits per heavy atom. The van der Waals surface area contributed by atoms with Gasteiger partial charge in [0.05, 0.1) is 23.9 Å². The lowest BCUT2D eigenvalue weighted by Gasteiger charge is -2.06. The van der Waals surface area contributed by atoms with E-state index in [-0.39, 0.29) is 5.91 Å². The van der Waals surface area contributed by atoms with Crippen molar-refractivity contribution < 1.29 is 9.53 Å². The summed E-state index contributed by atoms with van der Waals surface area (Å²) < 4.78 is 7.03. The van der Waals surface area contributed by atoms with E-state index < -0.39 is 0 Å². The number of rotatable bonds is 3. The molecule has 4 aromatic rings. The number of carbonyl (C=O) groups excluding carboxylic acids is 1. The van der Waals surface area contributed by atoms with Crippen LogP contribution in [0.4, 0.5) is 5.82 Å². The molecule has 0 unspecified atom stereocenters. The maximum Gasteiger partial charge on any atom is 0.267 e. The van der Waals surface area contributed by atoms with E-state index in [2.05, 4.69) is 20.3 Å². The van der Waals surface area contributed by atoms with Gasteiger partial charge in [-0.15, -0.1) is 11.3 Å². The maximum absolute atomic E-state index is 12.5. The normalized spacial score (nSPS) is 11.2. The van der Waals surface area contributed by atoms with E-state index >= 15 is 0 Å². The Kier molecular flexibility index (Phi) is 3.78. The van der Waals surface area contributed by atoms with E-state index in [4.69, 9.17) is 16.3 Å². The molecule has 1 N–H and O–H groups in total. The molecule has 25 heavy (non-hydrogen) atoms. The number of carbonyl (C=O) groups is 1. The van der Waals surface area contributed by atoms with Crippen molar-refractivity contribution in [2.75, 3.05) is 12.4 Å². The van der Waals surface area contributed by atoms with E-state index in [1.54, 1.807) is 22.7 Å². The lowest BCUT2D eigenvalue weighted by Crippen LogP contribution is -2.12. The number of anilines is 1. The highest BCUT2D eigenvalue weighted by atomic mass is 35.5. The lowest BCUT2D eigenvalue weighted by molar-refractivity contribution is 0.103. The van der Waals surface area contributed by atoms with Crippen molar-refractivity contribution in [2.45, 2.75) is 6.92 Å². The molecule has 4 rings (SSSR count). The van der Waals surface area contributed by atoms with Crippen LogP contribution in [0.3, 0.4) is 0 Å². The van der Waals surface area contributed by atoms with Gasteiger partial charge in [-0.2, -0.15) is 4.98 Å². The van der Waals surface area contributed by atoms with Crippen LogP contribution in [0.5, 0.6) is 5.88 Å². The van der Waals surface area contributed by atoms with Crippen LogP contribution < -0.4 is 10.1 Å². The van der Waals surface area contributed by atoms with E-state index in [1.807, 2.05) is 19.2 Å². The third kappa shape index (κ3) is 2.90. The summed E-state index contributed by atoms with van der Waals surface area (Å²) in [5, 5.41) is 4.04. The number of halogens is 1. The van der Waals surface area contributed by atoms with Gasteiger partial charge in [-0.25, -0.2) is 9.97 Å². The highest BCUT2D eigenvalue weighted by Gasteiger charge is 2.15. The van der Waals surface area contributed by atoms with Crippen molar-refractivity contribution in [1.82, 2.24) is 19.4 Å². The Hall–Kier alpha value is -2.71. The molecule has 126 valence electrons. The van der Waals surface area contributed by atoms with E-state index in [0.29, 0.717) is 32.2 Å². The van der Waals surface area contributed by atoms with Gasteiger partial charge in [0.2, 0.25) is 5.65 Å².